The molecule has 1 aromatic carbocycles. The minimum atomic E-state index is -0.581. The molecule has 1 aliphatic rings. The lowest BCUT2D eigenvalue weighted by Gasteiger charge is -2.30. The van der Waals surface area contributed by atoms with Gasteiger partial charge in [0.15, 0.2) is 0 Å². The van der Waals surface area contributed by atoms with Crippen LogP contribution in [-0.2, 0) is 6.61 Å². The molecule has 0 saturated carbocycles. The molecule has 0 spiro atoms. The normalized spacial score (nSPS) is 17.1. The van der Waals surface area contributed by atoms with E-state index < -0.39 is 10.9 Å². The maximum atomic E-state index is 10.6. The number of pyridine rings is 1. The van der Waals surface area contributed by atoms with Crippen LogP contribution in [0.15, 0.2) is 34.2 Å². The zero-order valence-electron chi connectivity index (χ0n) is 20.3. The summed E-state index contributed by atoms with van der Waals surface area (Å²) in [5, 5.41) is 12.0. The van der Waals surface area contributed by atoms with Crippen molar-refractivity contribution in [3.05, 3.63) is 46.8 Å². The number of thiol groups is 1. The van der Waals surface area contributed by atoms with Crippen molar-refractivity contribution in [3.63, 3.8) is 0 Å². The molecule has 0 amide bonds. The molecule has 3 nitrogen and oxygen atoms in total. The van der Waals surface area contributed by atoms with Crippen molar-refractivity contribution in [1.29, 1.82) is 0 Å². The van der Waals surface area contributed by atoms with Crippen molar-refractivity contribution in [3.8, 4) is 23.5 Å². The van der Waals surface area contributed by atoms with Crippen LogP contribution in [0.1, 0.15) is 94.7 Å². The van der Waals surface area contributed by atoms with Crippen molar-refractivity contribution in [2.75, 3.05) is 12.3 Å². The van der Waals surface area contributed by atoms with Gasteiger partial charge in [0.1, 0.15) is 0 Å². The summed E-state index contributed by atoms with van der Waals surface area (Å²) in [6.45, 7) is 11.9. The lowest BCUT2D eigenvalue weighted by molar-refractivity contribution is 0.279. The number of terminal acetylenes is 1. The third-order valence-corrected chi connectivity index (χ3v) is 8.77. The highest BCUT2D eigenvalue weighted by Crippen LogP contribution is 2.52. The SMILES string of the molecule is C#Cc1ccccc1-c1c(CO)c(C(C)C)nc(C(C)C)c1[SH]1CCN=C1CCCCC. The van der Waals surface area contributed by atoms with Crippen LogP contribution in [0.25, 0.3) is 11.1 Å². The zero-order valence-corrected chi connectivity index (χ0v) is 21.2. The van der Waals surface area contributed by atoms with Gasteiger partial charge in [0.2, 0.25) is 0 Å². The number of aliphatic hydroxyl groups excluding tert-OH is 1. The Morgan fingerprint density at radius 2 is 1.81 bits per heavy atom. The quantitative estimate of drug-likeness (QED) is 0.250. The molecule has 4 heteroatoms. The summed E-state index contributed by atoms with van der Waals surface area (Å²) in [5.74, 6) is 4.45. The summed E-state index contributed by atoms with van der Waals surface area (Å²) in [6, 6.07) is 8.15. The fraction of sp³-hybridized carbons (Fsp3) is 0.500. The Labute approximate surface area is 197 Å². The molecule has 0 fully saturated rings. The van der Waals surface area contributed by atoms with Crippen LogP contribution in [0.2, 0.25) is 0 Å². The first-order valence-electron chi connectivity index (χ1n) is 12.0. The van der Waals surface area contributed by atoms with Gasteiger partial charge in [0.05, 0.1) is 17.3 Å². The number of unbranched alkanes of at least 4 members (excludes halogenated alkanes) is 2. The van der Waals surface area contributed by atoms with Gasteiger partial charge in [-0.05, 0) is 36.3 Å². The van der Waals surface area contributed by atoms with Crippen LogP contribution >= 0.6 is 10.9 Å². The second kappa shape index (κ2) is 11.2. The summed E-state index contributed by atoms with van der Waals surface area (Å²) in [5.41, 5.74) is 6.12. The minimum Gasteiger partial charge on any atom is -0.392 e. The first kappa shape index (κ1) is 24.6. The Morgan fingerprint density at radius 1 is 1.09 bits per heavy atom. The molecular weight excluding hydrogens is 412 g/mol. The molecular formula is C28H38N2OS. The van der Waals surface area contributed by atoms with E-state index in [2.05, 4.69) is 46.6 Å². The molecule has 2 heterocycles. The lowest BCUT2D eigenvalue weighted by Crippen LogP contribution is -2.13. The third-order valence-electron chi connectivity index (χ3n) is 6.14. The summed E-state index contributed by atoms with van der Waals surface area (Å²) in [6.07, 6.45) is 10.6. The highest BCUT2D eigenvalue weighted by molar-refractivity contribution is 8.30. The number of aromatic nitrogens is 1. The average molecular weight is 451 g/mol. The molecule has 0 saturated heterocycles. The highest BCUT2D eigenvalue weighted by atomic mass is 32.2. The van der Waals surface area contributed by atoms with Crippen LogP contribution in [0.3, 0.4) is 0 Å². The van der Waals surface area contributed by atoms with Crippen LogP contribution in [0.4, 0.5) is 0 Å². The Kier molecular flexibility index (Phi) is 8.57. The first-order chi connectivity index (χ1) is 15.4. The van der Waals surface area contributed by atoms with Crippen LogP contribution in [0, 0.1) is 12.3 Å². The van der Waals surface area contributed by atoms with Gasteiger partial charge in [-0.3, -0.25) is 9.98 Å². The van der Waals surface area contributed by atoms with E-state index in [0.717, 1.165) is 52.4 Å². The van der Waals surface area contributed by atoms with Gasteiger partial charge in [-0.2, -0.15) is 10.9 Å². The standard InChI is InChI=1S/C28H38N2OS/c1-7-9-10-15-24-29-16-17-32(24)28-25(22-14-12-11-13-21(22)8-2)23(18-31)26(19(3)4)30-27(28)20(5)6/h2,11-14,19-20,31-32H,7,9-10,15-18H2,1,3-6H3. The average Bonchev–Trinajstić information content (AvgIpc) is 3.25. The van der Waals surface area contributed by atoms with E-state index in [1.807, 2.05) is 18.2 Å². The van der Waals surface area contributed by atoms with Gasteiger partial charge in [0, 0.05) is 39.6 Å². The molecule has 1 aliphatic heterocycles. The number of aliphatic hydroxyl groups is 1. The number of aliphatic imine (C=N–C) groups is 1. The summed E-state index contributed by atoms with van der Waals surface area (Å²) in [4.78, 5) is 11.5. The lowest BCUT2D eigenvalue weighted by atomic mass is 9.90. The van der Waals surface area contributed by atoms with Crippen molar-refractivity contribution >= 4 is 15.9 Å². The number of nitrogens with zero attached hydrogens (tertiary/aromatic N) is 2. The van der Waals surface area contributed by atoms with E-state index in [-0.39, 0.29) is 18.4 Å². The van der Waals surface area contributed by atoms with Crippen LogP contribution in [-0.4, -0.2) is 27.4 Å². The molecule has 1 atom stereocenters. The predicted molar refractivity (Wildman–Crippen MR) is 140 cm³/mol. The molecule has 32 heavy (non-hydrogen) atoms. The zero-order chi connectivity index (χ0) is 23.3. The second-order valence-corrected chi connectivity index (χ2v) is 11.4. The largest absolute Gasteiger partial charge is 0.392 e. The summed E-state index contributed by atoms with van der Waals surface area (Å²) in [7, 11) is -0.581. The topological polar surface area (TPSA) is 45.5 Å². The first-order valence-corrected chi connectivity index (χ1v) is 13.5. The maximum Gasteiger partial charge on any atom is 0.0706 e. The molecule has 0 bridgehead atoms. The molecule has 1 N–H and O–H groups in total. The Bertz CT molecular complexity index is 1020. The smallest absolute Gasteiger partial charge is 0.0706 e. The van der Waals surface area contributed by atoms with Crippen molar-refractivity contribution in [2.45, 2.75) is 83.6 Å². The summed E-state index contributed by atoms with van der Waals surface area (Å²) >= 11 is 0. The Hall–Kier alpha value is -2.09. The molecule has 172 valence electrons. The number of benzene rings is 1. The van der Waals surface area contributed by atoms with Gasteiger partial charge >= 0.3 is 0 Å². The number of rotatable bonds is 9. The van der Waals surface area contributed by atoms with Crippen molar-refractivity contribution in [2.24, 2.45) is 4.99 Å². The van der Waals surface area contributed by atoms with E-state index in [9.17, 15) is 5.11 Å². The van der Waals surface area contributed by atoms with E-state index >= 15 is 0 Å². The number of hydrogen-bond acceptors (Lipinski definition) is 3. The molecule has 0 aliphatic carbocycles. The fourth-order valence-corrected chi connectivity index (χ4v) is 7.41. The van der Waals surface area contributed by atoms with E-state index in [0.29, 0.717) is 0 Å². The molecule has 1 unspecified atom stereocenters. The predicted octanol–water partition coefficient (Wildman–Crippen LogP) is 6.82. The van der Waals surface area contributed by atoms with E-state index in [1.54, 1.807) is 0 Å². The van der Waals surface area contributed by atoms with Gasteiger partial charge in [-0.1, -0.05) is 71.6 Å². The number of hydrogen-bond donors (Lipinski definition) is 2. The van der Waals surface area contributed by atoms with Gasteiger partial charge < -0.3 is 5.11 Å². The molecule has 0 radical (unpaired) electrons. The highest BCUT2D eigenvalue weighted by Gasteiger charge is 2.30. The van der Waals surface area contributed by atoms with Crippen LogP contribution in [0.5, 0.6) is 0 Å². The maximum absolute atomic E-state index is 10.6. The van der Waals surface area contributed by atoms with Gasteiger partial charge in [-0.15, -0.1) is 6.42 Å². The monoisotopic (exact) mass is 450 g/mol. The fourth-order valence-electron chi connectivity index (χ4n) is 4.56. The van der Waals surface area contributed by atoms with Gasteiger partial charge in [-0.25, -0.2) is 0 Å². The Balaban J connectivity index is 2.34. The van der Waals surface area contributed by atoms with Crippen molar-refractivity contribution in [1.82, 2.24) is 4.98 Å². The van der Waals surface area contributed by atoms with E-state index in [4.69, 9.17) is 16.4 Å². The Morgan fingerprint density at radius 3 is 2.44 bits per heavy atom. The van der Waals surface area contributed by atoms with E-state index in [1.165, 1.54) is 29.2 Å². The second-order valence-electron chi connectivity index (χ2n) is 9.15. The van der Waals surface area contributed by atoms with Crippen LogP contribution < -0.4 is 0 Å². The van der Waals surface area contributed by atoms with Gasteiger partial charge in [0.25, 0.3) is 0 Å². The molecule has 3 rings (SSSR count). The minimum absolute atomic E-state index is 0.0361. The summed E-state index contributed by atoms with van der Waals surface area (Å²) < 4.78 is 0. The molecule has 1 aromatic heterocycles. The third kappa shape index (κ3) is 4.95. The van der Waals surface area contributed by atoms with Crippen molar-refractivity contribution < 1.29 is 5.11 Å². The molecule has 2 aromatic rings.